The van der Waals surface area contributed by atoms with Crippen LogP contribution >= 0.6 is 7.82 Å². The van der Waals surface area contributed by atoms with E-state index >= 15 is 4.39 Å². The molecule has 43 heavy (non-hydrogen) atoms. The maximum Gasteiger partial charge on any atom is 0.472 e. The molecule has 20 nitrogen and oxygen atoms in total. The molecule has 9 atom stereocenters. The molecule has 7 rings (SSSR count). The SMILES string of the molecule is Nc1ncnc2c1ncn2[C@@H]1O[C@@H]2CNS(=O)(=O)O[C@@H]3[C@H](O)[C@@H](COP(=O)(O)O[C@H]2[C@H]1F)O[C@H]3n1cnc2cncnc21. The number of imidazole rings is 2. The average molecular weight is 644 g/mol. The summed E-state index contributed by atoms with van der Waals surface area (Å²) in [6.07, 6.45) is -6.83. The third-order valence-corrected chi connectivity index (χ3v) is 9.09. The van der Waals surface area contributed by atoms with Gasteiger partial charge in [0.1, 0.15) is 48.1 Å². The smallest absolute Gasteiger partial charge is 0.387 e. The van der Waals surface area contributed by atoms with Crippen LogP contribution in [0.4, 0.5) is 10.2 Å². The zero-order chi connectivity index (χ0) is 30.1. The number of phosphoric ester groups is 1. The van der Waals surface area contributed by atoms with Crippen LogP contribution in [-0.4, -0.2) is 107 Å². The molecule has 230 valence electrons. The number of nitrogens with one attached hydrogen (secondary N) is 1. The molecule has 3 fully saturated rings. The Labute approximate surface area is 239 Å². The molecule has 4 aromatic rings. The molecule has 0 aliphatic carbocycles. The summed E-state index contributed by atoms with van der Waals surface area (Å²) in [4.78, 5) is 34.5. The van der Waals surface area contributed by atoms with E-state index in [2.05, 4.69) is 34.6 Å². The van der Waals surface area contributed by atoms with Crippen LogP contribution < -0.4 is 10.5 Å². The Bertz CT molecular complexity index is 1850. The third kappa shape index (κ3) is 5.04. The van der Waals surface area contributed by atoms with Crippen molar-refractivity contribution in [2.24, 2.45) is 0 Å². The van der Waals surface area contributed by atoms with Crippen molar-refractivity contribution in [1.82, 2.24) is 43.8 Å². The van der Waals surface area contributed by atoms with Crippen molar-refractivity contribution in [3.05, 3.63) is 31.5 Å². The van der Waals surface area contributed by atoms with Crippen LogP contribution in [0.1, 0.15) is 12.5 Å². The largest absolute Gasteiger partial charge is 0.472 e. The minimum atomic E-state index is -5.07. The number of fused-ring (bicyclic) bond motifs is 5. The number of aromatic nitrogens is 8. The summed E-state index contributed by atoms with van der Waals surface area (Å²) in [5, 5.41) is 10.9. The number of aliphatic hydroxyl groups excluding tert-OH is 1. The summed E-state index contributed by atoms with van der Waals surface area (Å²) in [7, 11) is -9.77. The predicted molar refractivity (Wildman–Crippen MR) is 136 cm³/mol. The Balaban J connectivity index is 1.20. The van der Waals surface area contributed by atoms with Crippen LogP contribution in [0.3, 0.4) is 0 Å². The number of anilines is 1. The Morgan fingerprint density at radius 1 is 1.02 bits per heavy atom. The lowest BCUT2D eigenvalue weighted by atomic mass is 10.1. The summed E-state index contributed by atoms with van der Waals surface area (Å²) in [5.74, 6) is 0.0163. The maximum absolute atomic E-state index is 15.9. The molecule has 2 bridgehead atoms. The molecule has 0 amide bonds. The second-order valence-corrected chi connectivity index (χ2v) is 12.5. The molecule has 0 spiro atoms. The summed E-state index contributed by atoms with van der Waals surface area (Å²) in [6, 6.07) is 0. The van der Waals surface area contributed by atoms with E-state index in [1.807, 2.05) is 0 Å². The lowest BCUT2D eigenvalue weighted by Gasteiger charge is -2.24. The number of hydrogen-bond donors (Lipinski definition) is 4. The molecule has 1 unspecified atom stereocenters. The topological polar surface area (TPSA) is 263 Å². The lowest BCUT2D eigenvalue weighted by molar-refractivity contribution is -0.0536. The second kappa shape index (κ2) is 10.4. The summed E-state index contributed by atoms with van der Waals surface area (Å²) < 4.78 is 86.7. The first-order chi connectivity index (χ1) is 20.5. The Morgan fingerprint density at radius 2 is 1.77 bits per heavy atom. The fraction of sp³-hybridized carbons (Fsp3) is 0.500. The van der Waals surface area contributed by atoms with Crippen molar-refractivity contribution in [2.75, 3.05) is 18.9 Å². The number of nitrogens with two attached hydrogens (primary N) is 1. The Hall–Kier alpha value is -3.31. The van der Waals surface area contributed by atoms with Crippen molar-refractivity contribution in [3.63, 3.8) is 0 Å². The normalized spacial score (nSPS) is 36.6. The lowest BCUT2D eigenvalue weighted by Crippen LogP contribution is -2.43. The first kappa shape index (κ1) is 28.5. The van der Waals surface area contributed by atoms with Gasteiger partial charge in [0.15, 0.2) is 41.8 Å². The van der Waals surface area contributed by atoms with Crippen LogP contribution in [0.2, 0.25) is 0 Å². The average Bonchev–Trinajstić information content (AvgIpc) is 3.72. The first-order valence-electron chi connectivity index (χ1n) is 12.5. The monoisotopic (exact) mass is 644 g/mol. The highest BCUT2D eigenvalue weighted by Crippen LogP contribution is 2.50. The van der Waals surface area contributed by atoms with Gasteiger partial charge in [-0.15, -0.1) is 0 Å². The minimum Gasteiger partial charge on any atom is -0.387 e. The number of nitrogen functional groups attached to an aromatic ring is 1. The highest BCUT2D eigenvalue weighted by Gasteiger charge is 2.53. The zero-order valence-electron chi connectivity index (χ0n) is 21.5. The highest BCUT2D eigenvalue weighted by molar-refractivity contribution is 7.84. The van der Waals surface area contributed by atoms with E-state index in [0.29, 0.717) is 5.52 Å². The van der Waals surface area contributed by atoms with Gasteiger partial charge in [0.2, 0.25) is 0 Å². The fourth-order valence-electron chi connectivity index (χ4n) is 5.14. The number of rotatable bonds is 2. The van der Waals surface area contributed by atoms with E-state index in [1.54, 1.807) is 0 Å². The predicted octanol–water partition coefficient (Wildman–Crippen LogP) is -1.52. The second-order valence-electron chi connectivity index (χ2n) is 9.73. The van der Waals surface area contributed by atoms with Crippen molar-refractivity contribution in [2.45, 2.75) is 49.1 Å². The minimum absolute atomic E-state index is 0.0163. The van der Waals surface area contributed by atoms with Crippen molar-refractivity contribution in [1.29, 1.82) is 0 Å². The van der Waals surface area contributed by atoms with E-state index in [1.165, 1.54) is 34.3 Å². The van der Waals surface area contributed by atoms with Crippen molar-refractivity contribution < 1.29 is 50.1 Å². The van der Waals surface area contributed by atoms with Crippen LogP contribution in [-0.2, 0) is 37.6 Å². The zero-order valence-corrected chi connectivity index (χ0v) is 23.2. The van der Waals surface area contributed by atoms with Gasteiger partial charge in [0.25, 0.3) is 0 Å². The van der Waals surface area contributed by atoms with Gasteiger partial charge in [-0.25, -0.2) is 43.0 Å². The van der Waals surface area contributed by atoms with Crippen molar-refractivity contribution >= 4 is 46.3 Å². The number of ether oxygens (including phenoxy) is 2. The first-order valence-corrected chi connectivity index (χ1v) is 15.4. The van der Waals surface area contributed by atoms with E-state index in [9.17, 15) is 23.0 Å². The molecule has 3 aliphatic rings. The molecule has 0 aromatic carbocycles. The van der Waals surface area contributed by atoms with Gasteiger partial charge in [0.05, 0.1) is 25.5 Å². The Kier molecular flexibility index (Phi) is 6.88. The van der Waals surface area contributed by atoms with Crippen LogP contribution in [0.25, 0.3) is 22.3 Å². The molecule has 0 radical (unpaired) electrons. The molecule has 23 heteroatoms. The van der Waals surface area contributed by atoms with Gasteiger partial charge >= 0.3 is 18.1 Å². The number of aliphatic hydroxyl groups is 1. The van der Waals surface area contributed by atoms with Crippen LogP contribution in [0, 0.1) is 0 Å². The summed E-state index contributed by atoms with van der Waals surface area (Å²) in [5.41, 5.74) is 6.61. The third-order valence-electron chi connectivity index (χ3n) is 7.11. The molecule has 5 N–H and O–H groups in total. The van der Waals surface area contributed by atoms with Gasteiger partial charge in [0, 0.05) is 6.54 Å². The van der Waals surface area contributed by atoms with Gasteiger partial charge in [-0.2, -0.15) is 13.1 Å². The van der Waals surface area contributed by atoms with E-state index in [-0.39, 0.29) is 22.6 Å². The van der Waals surface area contributed by atoms with Crippen molar-refractivity contribution in [3.8, 4) is 0 Å². The van der Waals surface area contributed by atoms with Gasteiger partial charge in [-0.05, 0) is 0 Å². The molecule has 7 heterocycles. The summed E-state index contributed by atoms with van der Waals surface area (Å²) >= 11 is 0. The highest BCUT2D eigenvalue weighted by atomic mass is 32.2. The van der Waals surface area contributed by atoms with E-state index in [0.717, 1.165) is 6.33 Å². The number of halogens is 1. The number of phosphoric acid groups is 1. The van der Waals surface area contributed by atoms with Crippen LogP contribution in [0.15, 0.2) is 31.5 Å². The number of nitrogens with zero attached hydrogens (tertiary/aromatic N) is 8. The maximum atomic E-state index is 15.9. The molecular weight excluding hydrogens is 622 g/mol. The number of alkyl halides is 1. The van der Waals surface area contributed by atoms with E-state index in [4.69, 9.17) is 28.4 Å². The molecule has 3 saturated heterocycles. The standard InChI is InChI=1S/C20H22FN10O10PS/c21-11-14-9(38-19(11)31-7-28-12-16(22)24-5-26-18(12)31)2-29-43(35,36)41-15-13(32)10(3-37-42(33,34)40-14)39-20(15)30-6-27-8-1-23-4-25-17(8)30/h1,4-7,9-11,13-15,19-20,29,32H,2-3H2,(H,33,34)(H2,22,24,26)/t9-,10-,11-,13-,14-,15-,19-,20-/m1/s1. The molecule has 4 aromatic heterocycles. The summed E-state index contributed by atoms with van der Waals surface area (Å²) in [6.45, 7) is -1.46. The molecule has 3 aliphatic heterocycles. The molecule has 0 saturated carbocycles. The van der Waals surface area contributed by atoms with Gasteiger partial charge < -0.3 is 25.2 Å². The fourth-order valence-corrected chi connectivity index (χ4v) is 7.03. The van der Waals surface area contributed by atoms with Gasteiger partial charge in [-0.3, -0.25) is 18.2 Å². The molecular formula is C20H22FN10O10PS. The van der Waals surface area contributed by atoms with Crippen LogP contribution in [0.5, 0.6) is 0 Å². The number of hydrogen-bond acceptors (Lipinski definition) is 16. The quantitative estimate of drug-likeness (QED) is 0.180. The van der Waals surface area contributed by atoms with E-state index < -0.39 is 80.4 Å². The Morgan fingerprint density at radius 3 is 2.60 bits per heavy atom. The van der Waals surface area contributed by atoms with Gasteiger partial charge in [-0.1, -0.05) is 0 Å².